The molecule has 12 heteroatoms. The molecule has 0 fully saturated rings. The smallest absolute Gasteiger partial charge is 0.273 e. The number of hydrogen-bond acceptors (Lipinski definition) is 10. The molecule has 0 aromatic heterocycles. The van der Waals surface area contributed by atoms with Gasteiger partial charge in [-0.05, 0) is 19.1 Å². The van der Waals surface area contributed by atoms with Gasteiger partial charge in [0, 0.05) is 38.0 Å². The van der Waals surface area contributed by atoms with Crippen molar-refractivity contribution in [1.82, 2.24) is 0 Å². The van der Waals surface area contributed by atoms with E-state index in [4.69, 9.17) is 14.2 Å². The SMILES string of the molecule is COC(OC)[C@]1(C)Oc2ccc([N+](=O)[O-])cc2[C@H](Nc2ccc([N+](=O)[O-])cc2O)[C@H]1O. The van der Waals surface area contributed by atoms with E-state index in [1.807, 2.05) is 0 Å². The van der Waals surface area contributed by atoms with Crippen molar-refractivity contribution < 1.29 is 34.3 Å². The van der Waals surface area contributed by atoms with Crippen LogP contribution in [0.25, 0.3) is 0 Å². The first kappa shape index (κ1) is 22.2. The number of hydrogen-bond donors (Lipinski definition) is 3. The predicted octanol–water partition coefficient (Wildman–Crippen LogP) is 2.49. The quantitative estimate of drug-likeness (QED) is 0.254. The van der Waals surface area contributed by atoms with E-state index in [0.717, 1.165) is 6.07 Å². The molecule has 12 nitrogen and oxygen atoms in total. The maximum absolute atomic E-state index is 11.3. The molecule has 0 bridgehead atoms. The number of anilines is 1. The van der Waals surface area contributed by atoms with Gasteiger partial charge in [0.05, 0.1) is 27.6 Å². The third kappa shape index (κ3) is 3.95. The standard InChI is InChI=1S/C19H21N3O9/c1-19(18(29-2)30-3)17(24)16(12-8-10(21(25)26)5-7-15(12)31-19)20-13-6-4-11(22(27)28)9-14(13)23/h4-9,16-18,20,23-24H,1-3H3/t16-,17+,19+/m0/s1. The van der Waals surface area contributed by atoms with Gasteiger partial charge in [0.1, 0.15) is 17.6 Å². The molecule has 1 heterocycles. The van der Waals surface area contributed by atoms with Crippen LogP contribution in [0.2, 0.25) is 0 Å². The van der Waals surface area contributed by atoms with Gasteiger partial charge in [-0.1, -0.05) is 0 Å². The minimum absolute atomic E-state index is 0.0720. The van der Waals surface area contributed by atoms with E-state index < -0.39 is 39.6 Å². The highest BCUT2D eigenvalue weighted by Gasteiger charge is 2.52. The number of ether oxygens (including phenoxy) is 3. The molecule has 1 aliphatic heterocycles. The van der Waals surface area contributed by atoms with Gasteiger partial charge in [-0.3, -0.25) is 20.2 Å². The lowest BCUT2D eigenvalue weighted by molar-refractivity contribution is -0.385. The summed E-state index contributed by atoms with van der Waals surface area (Å²) in [7, 11) is 2.73. The van der Waals surface area contributed by atoms with Gasteiger partial charge in [0.15, 0.2) is 11.9 Å². The Balaban J connectivity index is 2.10. The normalized spacial score (nSPS) is 22.5. The number of phenols is 1. The minimum atomic E-state index is -1.44. The van der Waals surface area contributed by atoms with Gasteiger partial charge in [0.2, 0.25) is 0 Å². The van der Waals surface area contributed by atoms with Crippen molar-refractivity contribution in [2.45, 2.75) is 31.0 Å². The molecular weight excluding hydrogens is 414 g/mol. The maximum atomic E-state index is 11.3. The summed E-state index contributed by atoms with van der Waals surface area (Å²) in [5.41, 5.74) is -1.67. The summed E-state index contributed by atoms with van der Waals surface area (Å²) in [6.07, 6.45) is -2.39. The number of aliphatic hydroxyl groups excluding tert-OH is 1. The maximum Gasteiger partial charge on any atom is 0.273 e. The van der Waals surface area contributed by atoms with Crippen LogP contribution in [0.15, 0.2) is 36.4 Å². The molecule has 0 saturated heterocycles. The Kier molecular flexibility index (Phi) is 5.97. The molecule has 0 amide bonds. The minimum Gasteiger partial charge on any atom is -0.506 e. The van der Waals surface area contributed by atoms with Crippen LogP contribution in [0.4, 0.5) is 17.1 Å². The number of methoxy groups -OCH3 is 2. The second-order valence-electron chi connectivity index (χ2n) is 7.09. The summed E-state index contributed by atoms with van der Waals surface area (Å²) < 4.78 is 16.5. The fourth-order valence-electron chi connectivity index (χ4n) is 3.62. The van der Waals surface area contributed by atoms with Crippen molar-refractivity contribution in [2.24, 2.45) is 0 Å². The zero-order valence-corrected chi connectivity index (χ0v) is 16.8. The fraction of sp³-hybridized carbons (Fsp3) is 0.368. The number of nitro benzene ring substituents is 2. The number of nitro groups is 2. The number of nitrogens with zero attached hydrogens (tertiary/aromatic N) is 2. The highest BCUT2D eigenvalue weighted by Crippen LogP contribution is 2.45. The summed E-state index contributed by atoms with van der Waals surface area (Å²) in [5.74, 6) is -0.201. The molecule has 0 aliphatic carbocycles. The van der Waals surface area contributed by atoms with E-state index in [1.54, 1.807) is 6.92 Å². The van der Waals surface area contributed by atoms with Gasteiger partial charge >= 0.3 is 0 Å². The van der Waals surface area contributed by atoms with Crippen LogP contribution in [-0.2, 0) is 9.47 Å². The summed E-state index contributed by atoms with van der Waals surface area (Å²) in [6, 6.07) is 6.27. The van der Waals surface area contributed by atoms with Crippen molar-refractivity contribution in [3.8, 4) is 11.5 Å². The van der Waals surface area contributed by atoms with Gasteiger partial charge in [-0.25, -0.2) is 0 Å². The molecule has 2 aromatic rings. The van der Waals surface area contributed by atoms with Gasteiger partial charge in [0.25, 0.3) is 11.4 Å². The molecule has 3 atom stereocenters. The second-order valence-corrected chi connectivity index (χ2v) is 7.09. The molecule has 0 radical (unpaired) electrons. The lowest BCUT2D eigenvalue weighted by Gasteiger charge is -2.46. The van der Waals surface area contributed by atoms with Gasteiger partial charge in [-0.15, -0.1) is 0 Å². The highest BCUT2D eigenvalue weighted by molar-refractivity contribution is 5.62. The number of fused-ring (bicyclic) bond motifs is 1. The van der Waals surface area contributed by atoms with E-state index >= 15 is 0 Å². The Morgan fingerprint density at radius 3 is 2.23 bits per heavy atom. The number of nitrogens with one attached hydrogen (secondary N) is 1. The van der Waals surface area contributed by atoms with Crippen LogP contribution in [0, 0.1) is 20.2 Å². The first-order valence-electron chi connectivity index (χ1n) is 9.07. The molecule has 166 valence electrons. The lowest BCUT2D eigenvalue weighted by Crippen LogP contribution is -2.60. The van der Waals surface area contributed by atoms with Gasteiger partial charge < -0.3 is 29.7 Å². The molecule has 0 spiro atoms. The average Bonchev–Trinajstić information content (AvgIpc) is 2.72. The van der Waals surface area contributed by atoms with Crippen molar-refractivity contribution in [1.29, 1.82) is 0 Å². The molecule has 1 aliphatic rings. The Morgan fingerprint density at radius 2 is 1.68 bits per heavy atom. The first-order valence-corrected chi connectivity index (χ1v) is 9.07. The number of benzene rings is 2. The topological polar surface area (TPSA) is 166 Å². The molecule has 0 unspecified atom stereocenters. The Bertz CT molecular complexity index is 1010. The number of rotatable bonds is 7. The van der Waals surface area contributed by atoms with Gasteiger partial charge in [-0.2, -0.15) is 0 Å². The van der Waals surface area contributed by atoms with Crippen molar-refractivity contribution in [3.63, 3.8) is 0 Å². The monoisotopic (exact) mass is 435 g/mol. The number of aromatic hydroxyl groups is 1. The zero-order chi connectivity index (χ0) is 22.9. The predicted molar refractivity (Wildman–Crippen MR) is 107 cm³/mol. The van der Waals surface area contributed by atoms with E-state index in [2.05, 4.69) is 5.32 Å². The van der Waals surface area contributed by atoms with E-state index in [-0.39, 0.29) is 28.4 Å². The first-order chi connectivity index (χ1) is 14.6. The summed E-state index contributed by atoms with van der Waals surface area (Å²) >= 11 is 0. The Labute approximate surface area is 176 Å². The van der Waals surface area contributed by atoms with Crippen LogP contribution in [0.5, 0.6) is 11.5 Å². The lowest BCUT2D eigenvalue weighted by atomic mass is 9.84. The third-order valence-corrected chi connectivity index (χ3v) is 5.17. The second kappa shape index (κ2) is 8.34. The Morgan fingerprint density at radius 1 is 1.10 bits per heavy atom. The van der Waals surface area contributed by atoms with E-state index in [0.29, 0.717) is 0 Å². The van der Waals surface area contributed by atoms with Crippen molar-refractivity contribution >= 4 is 17.1 Å². The highest BCUT2D eigenvalue weighted by atomic mass is 16.7. The van der Waals surface area contributed by atoms with E-state index in [1.165, 1.54) is 44.6 Å². The van der Waals surface area contributed by atoms with Crippen molar-refractivity contribution in [3.05, 3.63) is 62.2 Å². The number of non-ortho nitro benzene ring substituents is 2. The van der Waals surface area contributed by atoms with E-state index in [9.17, 15) is 30.4 Å². The molecule has 31 heavy (non-hydrogen) atoms. The zero-order valence-electron chi connectivity index (χ0n) is 16.8. The third-order valence-electron chi connectivity index (χ3n) is 5.17. The van der Waals surface area contributed by atoms with Crippen LogP contribution in [0.1, 0.15) is 18.5 Å². The Hall–Kier alpha value is -3.48. The summed E-state index contributed by atoms with van der Waals surface area (Å²) in [4.78, 5) is 20.9. The number of phenolic OH excluding ortho intramolecular Hbond substituents is 1. The fourth-order valence-corrected chi connectivity index (χ4v) is 3.62. The average molecular weight is 435 g/mol. The van der Waals surface area contributed by atoms with Crippen molar-refractivity contribution in [2.75, 3.05) is 19.5 Å². The van der Waals surface area contributed by atoms with Crippen LogP contribution in [-0.4, -0.2) is 52.3 Å². The largest absolute Gasteiger partial charge is 0.506 e. The van der Waals surface area contributed by atoms with Crippen LogP contribution < -0.4 is 10.1 Å². The summed E-state index contributed by atoms with van der Waals surface area (Å²) in [6.45, 7) is 1.55. The molecule has 0 saturated carbocycles. The van der Waals surface area contributed by atoms with Crippen LogP contribution >= 0.6 is 0 Å². The van der Waals surface area contributed by atoms with Crippen LogP contribution in [0.3, 0.4) is 0 Å². The molecule has 3 rings (SSSR count). The summed E-state index contributed by atoms with van der Waals surface area (Å²) in [5, 5.41) is 46.5. The molecule has 2 aromatic carbocycles. The molecular formula is C19H21N3O9. The number of aliphatic hydroxyl groups is 1. The molecule has 3 N–H and O–H groups in total.